The van der Waals surface area contributed by atoms with Gasteiger partial charge in [-0.1, -0.05) is 42.5 Å². The van der Waals surface area contributed by atoms with Crippen LogP contribution in [0.3, 0.4) is 0 Å². The van der Waals surface area contributed by atoms with Crippen LogP contribution in [0.15, 0.2) is 66.7 Å². The highest BCUT2D eigenvalue weighted by atomic mass is 32.1. The number of benzene rings is 3. The molecule has 1 atom stereocenters. The van der Waals surface area contributed by atoms with Crippen molar-refractivity contribution < 1.29 is 9.47 Å². The fourth-order valence-electron chi connectivity index (χ4n) is 3.73. The molecule has 0 saturated heterocycles. The van der Waals surface area contributed by atoms with E-state index < -0.39 is 0 Å². The first-order valence-electron chi connectivity index (χ1n) is 10.3. The fourth-order valence-corrected chi connectivity index (χ4v) is 4.58. The van der Waals surface area contributed by atoms with E-state index in [2.05, 4.69) is 47.8 Å². The monoisotopic (exact) mass is 433 g/mol. The van der Waals surface area contributed by atoms with E-state index in [1.54, 1.807) is 14.2 Å². The maximum atomic E-state index is 5.92. The Morgan fingerprint density at radius 3 is 2.29 bits per heavy atom. The van der Waals surface area contributed by atoms with Crippen molar-refractivity contribution in [2.45, 2.75) is 19.0 Å². The Labute approximate surface area is 187 Å². The molecule has 0 aliphatic heterocycles. The lowest BCUT2D eigenvalue weighted by atomic mass is 10.0. The van der Waals surface area contributed by atoms with Crippen molar-refractivity contribution in [3.63, 3.8) is 0 Å². The van der Waals surface area contributed by atoms with Crippen molar-refractivity contribution in [2.24, 2.45) is 5.73 Å². The predicted octanol–water partition coefficient (Wildman–Crippen LogP) is 5.16. The van der Waals surface area contributed by atoms with Crippen molar-refractivity contribution in [1.82, 2.24) is 9.69 Å². The highest BCUT2D eigenvalue weighted by Crippen LogP contribution is 2.35. The Morgan fingerprint density at radius 1 is 0.935 bits per heavy atom. The van der Waals surface area contributed by atoms with Gasteiger partial charge in [0.25, 0.3) is 0 Å². The largest absolute Gasteiger partial charge is 0.497 e. The molecule has 5 nitrogen and oxygen atoms in total. The molecular formula is C25H27N3O2S. The molecule has 0 aliphatic rings. The summed E-state index contributed by atoms with van der Waals surface area (Å²) in [6, 6.07) is 22.9. The molecule has 160 valence electrons. The van der Waals surface area contributed by atoms with Crippen LogP contribution >= 0.6 is 11.5 Å². The van der Waals surface area contributed by atoms with Gasteiger partial charge >= 0.3 is 0 Å². The molecule has 6 heteroatoms. The summed E-state index contributed by atoms with van der Waals surface area (Å²) in [7, 11) is 3.38. The van der Waals surface area contributed by atoms with Crippen molar-refractivity contribution in [1.29, 1.82) is 0 Å². The number of nitrogens with zero attached hydrogens (tertiary/aromatic N) is 1. The molecule has 4 rings (SSSR count). The molecule has 3 N–H and O–H groups in total. The SMILES string of the molecule is COc1ccc(-c2ccc(CNC(CCN)c3nsc4cccc(OC)c34)cc2)cc1. The Morgan fingerprint density at radius 2 is 1.65 bits per heavy atom. The van der Waals surface area contributed by atoms with Gasteiger partial charge in [-0.15, -0.1) is 0 Å². The molecule has 4 aromatic rings. The summed E-state index contributed by atoms with van der Waals surface area (Å²) in [5.74, 6) is 1.72. The first-order valence-corrected chi connectivity index (χ1v) is 11.1. The summed E-state index contributed by atoms with van der Waals surface area (Å²) >= 11 is 1.50. The van der Waals surface area contributed by atoms with Gasteiger partial charge in [-0.2, -0.15) is 4.37 Å². The number of hydrogen-bond acceptors (Lipinski definition) is 6. The first kappa shape index (κ1) is 21.3. The average molecular weight is 434 g/mol. The first-order chi connectivity index (χ1) is 15.2. The summed E-state index contributed by atoms with van der Waals surface area (Å²) in [6.07, 6.45) is 0.806. The number of ether oxygens (including phenoxy) is 2. The predicted molar refractivity (Wildman–Crippen MR) is 128 cm³/mol. The van der Waals surface area contributed by atoms with Gasteiger partial charge in [0.05, 0.1) is 36.0 Å². The fraction of sp³-hybridized carbons (Fsp3) is 0.240. The highest BCUT2D eigenvalue weighted by molar-refractivity contribution is 7.13. The molecule has 0 fully saturated rings. The minimum atomic E-state index is 0.0660. The zero-order valence-electron chi connectivity index (χ0n) is 17.8. The molecule has 0 radical (unpaired) electrons. The standard InChI is InChI=1S/C25H27N3O2S/c1-29-20-12-10-19(11-13-20)18-8-6-17(7-9-18)16-27-21(14-15-26)25-24-22(30-2)4-3-5-23(24)31-28-25/h3-13,21,27H,14-16,26H2,1-2H3. The molecule has 0 amide bonds. The van der Waals surface area contributed by atoms with Crippen LogP contribution < -0.4 is 20.5 Å². The molecule has 1 aromatic heterocycles. The van der Waals surface area contributed by atoms with E-state index in [1.807, 2.05) is 24.3 Å². The number of nitrogens with one attached hydrogen (secondary N) is 1. The molecular weight excluding hydrogens is 406 g/mol. The summed E-state index contributed by atoms with van der Waals surface area (Å²) < 4.78 is 16.7. The van der Waals surface area contributed by atoms with Crippen molar-refractivity contribution in [2.75, 3.05) is 20.8 Å². The van der Waals surface area contributed by atoms with Gasteiger partial charge < -0.3 is 20.5 Å². The third-order valence-electron chi connectivity index (χ3n) is 5.42. The second kappa shape index (κ2) is 9.92. The van der Waals surface area contributed by atoms with Crippen LogP contribution in [0.2, 0.25) is 0 Å². The van der Waals surface area contributed by atoms with E-state index in [0.29, 0.717) is 6.54 Å². The van der Waals surface area contributed by atoms with Crippen LogP contribution in [0.25, 0.3) is 21.2 Å². The Kier molecular flexibility index (Phi) is 6.82. The number of aromatic nitrogens is 1. The van der Waals surface area contributed by atoms with Gasteiger partial charge in [0.2, 0.25) is 0 Å². The van der Waals surface area contributed by atoms with Gasteiger partial charge in [0, 0.05) is 6.54 Å². The Bertz CT molecular complexity index is 1120. The molecule has 3 aromatic carbocycles. The smallest absolute Gasteiger partial charge is 0.129 e. The van der Waals surface area contributed by atoms with Crippen LogP contribution in [-0.2, 0) is 6.54 Å². The van der Waals surface area contributed by atoms with Crippen LogP contribution in [0.5, 0.6) is 11.5 Å². The zero-order valence-corrected chi connectivity index (χ0v) is 18.6. The van der Waals surface area contributed by atoms with E-state index in [4.69, 9.17) is 19.6 Å². The van der Waals surface area contributed by atoms with E-state index in [0.717, 1.165) is 40.2 Å². The average Bonchev–Trinajstić information content (AvgIpc) is 3.26. The van der Waals surface area contributed by atoms with Crippen molar-refractivity contribution in [3.8, 4) is 22.6 Å². The minimum Gasteiger partial charge on any atom is -0.497 e. The van der Waals surface area contributed by atoms with Crippen molar-refractivity contribution >= 4 is 21.6 Å². The highest BCUT2D eigenvalue weighted by Gasteiger charge is 2.19. The third kappa shape index (κ3) is 4.71. The number of hydrogen-bond donors (Lipinski definition) is 2. The summed E-state index contributed by atoms with van der Waals surface area (Å²) in [6.45, 7) is 1.32. The molecule has 31 heavy (non-hydrogen) atoms. The summed E-state index contributed by atoms with van der Waals surface area (Å²) in [5, 5.41) is 4.73. The normalized spacial score (nSPS) is 12.1. The number of nitrogens with two attached hydrogens (primary N) is 1. The molecule has 0 saturated carbocycles. The maximum absolute atomic E-state index is 5.92. The second-order valence-electron chi connectivity index (χ2n) is 7.34. The van der Waals surface area contributed by atoms with Gasteiger partial charge in [0.15, 0.2) is 0 Å². The third-order valence-corrected chi connectivity index (χ3v) is 6.25. The summed E-state index contributed by atoms with van der Waals surface area (Å²) in [5.41, 5.74) is 10.5. The second-order valence-corrected chi connectivity index (χ2v) is 8.14. The molecule has 1 heterocycles. The van der Waals surface area contributed by atoms with E-state index in [-0.39, 0.29) is 6.04 Å². The Balaban J connectivity index is 1.50. The van der Waals surface area contributed by atoms with Gasteiger partial charge in [-0.3, -0.25) is 0 Å². The molecule has 0 bridgehead atoms. The van der Waals surface area contributed by atoms with Gasteiger partial charge in [-0.05, 0) is 65.5 Å². The van der Waals surface area contributed by atoms with Crippen molar-refractivity contribution in [3.05, 3.63) is 78.0 Å². The minimum absolute atomic E-state index is 0.0660. The quantitative estimate of drug-likeness (QED) is 0.382. The Hall–Kier alpha value is -2.93. The van der Waals surface area contributed by atoms with E-state index in [9.17, 15) is 0 Å². The molecule has 1 unspecified atom stereocenters. The zero-order chi connectivity index (χ0) is 21.6. The van der Waals surface area contributed by atoms with E-state index in [1.165, 1.54) is 28.2 Å². The van der Waals surface area contributed by atoms with Gasteiger partial charge in [0.1, 0.15) is 11.5 Å². The lowest BCUT2D eigenvalue weighted by Crippen LogP contribution is -2.24. The molecule has 0 spiro atoms. The van der Waals surface area contributed by atoms with Crippen LogP contribution in [0.4, 0.5) is 0 Å². The van der Waals surface area contributed by atoms with Crippen LogP contribution in [0.1, 0.15) is 23.7 Å². The summed E-state index contributed by atoms with van der Waals surface area (Å²) in [4.78, 5) is 0. The lowest BCUT2D eigenvalue weighted by Gasteiger charge is -2.18. The number of rotatable bonds is 9. The van der Waals surface area contributed by atoms with E-state index >= 15 is 0 Å². The van der Waals surface area contributed by atoms with Crippen LogP contribution in [0, 0.1) is 0 Å². The maximum Gasteiger partial charge on any atom is 0.129 e. The topological polar surface area (TPSA) is 69.4 Å². The molecule has 0 aliphatic carbocycles. The van der Waals surface area contributed by atoms with Crippen LogP contribution in [-0.4, -0.2) is 25.1 Å². The number of fused-ring (bicyclic) bond motifs is 1. The lowest BCUT2D eigenvalue weighted by molar-refractivity contribution is 0.415. The number of methoxy groups -OCH3 is 2. The van der Waals surface area contributed by atoms with Gasteiger partial charge in [-0.25, -0.2) is 0 Å².